The van der Waals surface area contributed by atoms with E-state index in [1.807, 2.05) is 31.2 Å². The third kappa shape index (κ3) is 4.27. The first kappa shape index (κ1) is 24.4. The number of hydrogen-bond donors (Lipinski definition) is 0. The van der Waals surface area contributed by atoms with Gasteiger partial charge in [-0.05, 0) is 62.4 Å². The van der Waals surface area contributed by atoms with Crippen LogP contribution in [0.15, 0.2) is 27.9 Å². The number of nitriles is 1. The quantitative estimate of drug-likeness (QED) is 0.427. The van der Waals surface area contributed by atoms with Gasteiger partial charge in [0, 0.05) is 25.2 Å². The second-order valence-electron chi connectivity index (χ2n) is 8.90. The molecule has 0 aliphatic carbocycles. The average molecular weight is 523 g/mol. The second-order valence-corrected chi connectivity index (χ2v) is 10.6. The topological polar surface area (TPSA) is 87.8 Å². The Morgan fingerprint density at radius 3 is 2.64 bits per heavy atom. The van der Waals surface area contributed by atoms with Crippen molar-refractivity contribution in [2.75, 3.05) is 24.8 Å². The Labute approximate surface area is 219 Å². The lowest BCUT2D eigenvalue weighted by molar-refractivity contribution is -0.122. The number of carbonyl (C=O) groups is 1. The number of rotatable bonds is 5. The lowest BCUT2D eigenvalue weighted by Gasteiger charge is -2.33. The molecule has 0 spiro atoms. The largest absolute Gasteiger partial charge is 0.454 e. The molecule has 0 N–H and O–H groups in total. The third-order valence-corrected chi connectivity index (χ3v) is 8.12. The molecule has 2 aromatic rings. The van der Waals surface area contributed by atoms with Gasteiger partial charge in [0.25, 0.3) is 11.5 Å². The molecule has 3 aliphatic heterocycles. The standard InChI is InChI=1S/C26H26N4O4S2/c1-3-29-23(28-9-5-4-6-10-28)18(16(2)19(13-27)24(29)31)12-22-25(32)30(26(35)36-22)14-17-7-8-20-21(11-17)34-15-33-20/h7-8,11-12H,3-6,9-10,14-15H2,1-2H3/b22-12-. The number of piperidine rings is 1. The van der Waals surface area contributed by atoms with E-state index in [0.717, 1.165) is 49.3 Å². The molecule has 0 unspecified atom stereocenters. The number of ether oxygens (including phenoxy) is 2. The molecular weight excluding hydrogens is 496 g/mol. The summed E-state index contributed by atoms with van der Waals surface area (Å²) in [5, 5.41) is 9.75. The lowest BCUT2D eigenvalue weighted by Crippen LogP contribution is -2.37. The van der Waals surface area contributed by atoms with Gasteiger partial charge in [-0.2, -0.15) is 5.26 Å². The number of benzene rings is 1. The fraction of sp³-hybridized carbons (Fsp3) is 0.385. The number of anilines is 1. The number of fused-ring (bicyclic) bond motifs is 1. The molecule has 0 atom stereocenters. The van der Waals surface area contributed by atoms with Gasteiger partial charge < -0.3 is 14.4 Å². The summed E-state index contributed by atoms with van der Waals surface area (Å²) in [6.07, 6.45) is 5.03. The van der Waals surface area contributed by atoms with Crippen molar-refractivity contribution in [3.63, 3.8) is 0 Å². The molecule has 3 aliphatic rings. The summed E-state index contributed by atoms with van der Waals surface area (Å²) >= 11 is 6.81. The smallest absolute Gasteiger partial charge is 0.270 e. The van der Waals surface area contributed by atoms with E-state index in [-0.39, 0.29) is 23.8 Å². The van der Waals surface area contributed by atoms with Crippen molar-refractivity contribution in [3.05, 3.63) is 55.7 Å². The van der Waals surface area contributed by atoms with Crippen molar-refractivity contribution in [3.8, 4) is 17.6 Å². The monoisotopic (exact) mass is 522 g/mol. The van der Waals surface area contributed by atoms with Crippen LogP contribution in [0.2, 0.25) is 0 Å². The van der Waals surface area contributed by atoms with E-state index in [4.69, 9.17) is 21.7 Å². The third-order valence-electron chi connectivity index (χ3n) is 6.74. The van der Waals surface area contributed by atoms with Gasteiger partial charge in [-0.1, -0.05) is 30.0 Å². The number of carbonyl (C=O) groups excluding carboxylic acids is 1. The molecule has 186 valence electrons. The van der Waals surface area contributed by atoms with Crippen molar-refractivity contribution in [2.24, 2.45) is 0 Å². The van der Waals surface area contributed by atoms with Crippen LogP contribution in [0.5, 0.6) is 11.5 Å². The van der Waals surface area contributed by atoms with E-state index in [1.165, 1.54) is 11.8 Å². The molecule has 36 heavy (non-hydrogen) atoms. The zero-order valence-corrected chi connectivity index (χ0v) is 21.8. The van der Waals surface area contributed by atoms with Gasteiger partial charge in [-0.15, -0.1) is 0 Å². The highest BCUT2D eigenvalue weighted by Crippen LogP contribution is 2.38. The predicted molar refractivity (Wildman–Crippen MR) is 143 cm³/mol. The Kier molecular flexibility index (Phi) is 6.77. The van der Waals surface area contributed by atoms with Crippen molar-refractivity contribution in [1.29, 1.82) is 5.26 Å². The van der Waals surface area contributed by atoms with E-state index < -0.39 is 0 Å². The number of aromatic nitrogens is 1. The maximum absolute atomic E-state index is 13.5. The summed E-state index contributed by atoms with van der Waals surface area (Å²) in [6, 6.07) is 7.67. The summed E-state index contributed by atoms with van der Waals surface area (Å²) in [5.41, 5.74) is 2.03. The van der Waals surface area contributed by atoms with Gasteiger partial charge in [0.1, 0.15) is 21.8 Å². The van der Waals surface area contributed by atoms with Crippen LogP contribution in [0, 0.1) is 18.3 Å². The van der Waals surface area contributed by atoms with Crippen LogP contribution in [-0.2, 0) is 17.9 Å². The molecule has 1 aromatic carbocycles. The number of nitrogens with zero attached hydrogens (tertiary/aromatic N) is 4. The van der Waals surface area contributed by atoms with Crippen LogP contribution >= 0.6 is 24.0 Å². The maximum Gasteiger partial charge on any atom is 0.270 e. The highest BCUT2D eigenvalue weighted by molar-refractivity contribution is 8.26. The Morgan fingerprint density at radius 1 is 1.17 bits per heavy atom. The van der Waals surface area contributed by atoms with Crippen molar-refractivity contribution in [1.82, 2.24) is 9.47 Å². The molecule has 2 fully saturated rings. The summed E-state index contributed by atoms with van der Waals surface area (Å²) in [5.74, 6) is 1.92. The predicted octanol–water partition coefficient (Wildman–Crippen LogP) is 4.17. The Bertz CT molecular complexity index is 1390. The molecule has 2 saturated heterocycles. The molecular formula is C26H26N4O4S2. The minimum Gasteiger partial charge on any atom is -0.454 e. The molecule has 0 radical (unpaired) electrons. The molecule has 1 aromatic heterocycles. The van der Waals surface area contributed by atoms with Gasteiger partial charge in [0.15, 0.2) is 11.5 Å². The molecule has 1 amide bonds. The molecule has 0 bridgehead atoms. The average Bonchev–Trinajstić information content (AvgIpc) is 3.46. The Morgan fingerprint density at radius 2 is 1.92 bits per heavy atom. The number of thioether (sulfide) groups is 1. The highest BCUT2D eigenvalue weighted by atomic mass is 32.2. The fourth-order valence-electron chi connectivity index (χ4n) is 4.87. The first-order valence-electron chi connectivity index (χ1n) is 12.0. The van der Waals surface area contributed by atoms with E-state index in [9.17, 15) is 14.9 Å². The van der Waals surface area contributed by atoms with Gasteiger partial charge in [0.05, 0.1) is 11.4 Å². The lowest BCUT2D eigenvalue weighted by atomic mass is 10.0. The summed E-state index contributed by atoms with van der Waals surface area (Å²) in [4.78, 5) is 30.9. The first-order chi connectivity index (χ1) is 17.4. The van der Waals surface area contributed by atoms with Crippen LogP contribution in [0.25, 0.3) is 6.08 Å². The number of thiocarbonyl (C=S) groups is 1. The molecule has 0 saturated carbocycles. The number of hydrogen-bond acceptors (Lipinski definition) is 8. The normalized spacial score (nSPS) is 18.3. The van der Waals surface area contributed by atoms with E-state index in [0.29, 0.717) is 39.4 Å². The van der Waals surface area contributed by atoms with E-state index >= 15 is 0 Å². The second kappa shape index (κ2) is 9.99. The molecule has 8 nitrogen and oxygen atoms in total. The van der Waals surface area contributed by atoms with Crippen molar-refractivity contribution in [2.45, 2.75) is 46.2 Å². The Hall–Kier alpha value is -3.29. The molecule has 4 heterocycles. The van der Waals surface area contributed by atoms with Gasteiger partial charge in [-0.25, -0.2) is 0 Å². The van der Waals surface area contributed by atoms with Crippen LogP contribution < -0.4 is 19.9 Å². The van der Waals surface area contributed by atoms with Crippen LogP contribution in [0.1, 0.15) is 48.4 Å². The summed E-state index contributed by atoms with van der Waals surface area (Å²) in [7, 11) is 0. The van der Waals surface area contributed by atoms with Crippen LogP contribution in [-0.4, -0.2) is 39.6 Å². The number of amides is 1. The van der Waals surface area contributed by atoms with Crippen molar-refractivity contribution >= 4 is 46.1 Å². The SMILES string of the molecule is CCn1c(N2CCCCC2)c(/C=C2\SC(=S)N(Cc3ccc4c(c3)OCO4)C2=O)c(C)c(C#N)c1=O. The first-order valence-corrected chi connectivity index (χ1v) is 13.2. The molecule has 5 rings (SSSR count). The van der Waals surface area contributed by atoms with Gasteiger partial charge in [-0.3, -0.25) is 19.1 Å². The van der Waals surface area contributed by atoms with Crippen molar-refractivity contribution < 1.29 is 14.3 Å². The van der Waals surface area contributed by atoms with Crippen LogP contribution in [0.4, 0.5) is 5.82 Å². The Balaban J connectivity index is 1.54. The van der Waals surface area contributed by atoms with Gasteiger partial charge in [0.2, 0.25) is 6.79 Å². The number of pyridine rings is 1. The minimum atomic E-state index is -0.286. The minimum absolute atomic E-state index is 0.111. The maximum atomic E-state index is 13.5. The summed E-state index contributed by atoms with van der Waals surface area (Å²) in [6.45, 7) is 6.28. The van der Waals surface area contributed by atoms with Gasteiger partial charge >= 0.3 is 0 Å². The molecule has 10 heteroatoms. The van der Waals surface area contributed by atoms with E-state index in [2.05, 4.69) is 11.0 Å². The zero-order chi connectivity index (χ0) is 25.4. The zero-order valence-electron chi connectivity index (χ0n) is 20.2. The van der Waals surface area contributed by atoms with E-state index in [1.54, 1.807) is 16.4 Å². The fourth-order valence-corrected chi connectivity index (χ4v) is 6.11. The van der Waals surface area contributed by atoms with Crippen LogP contribution in [0.3, 0.4) is 0 Å². The summed E-state index contributed by atoms with van der Waals surface area (Å²) < 4.78 is 13.0. The highest BCUT2D eigenvalue weighted by Gasteiger charge is 2.34.